The fraction of sp³-hybridized carbons (Fsp3) is 0.417. The number of rotatable bonds is 3. The van der Waals surface area contributed by atoms with Crippen molar-refractivity contribution in [3.05, 3.63) is 16.6 Å². The molecular weight excluding hydrogens is 286 g/mol. The molecule has 0 atom stereocenters. The molecule has 0 radical (unpaired) electrons. The Hall–Kier alpha value is -1.23. The van der Waals surface area contributed by atoms with E-state index in [-0.39, 0.29) is 5.91 Å². The van der Waals surface area contributed by atoms with E-state index in [0.717, 1.165) is 23.1 Å². The van der Waals surface area contributed by atoms with Gasteiger partial charge in [0.25, 0.3) is 0 Å². The molecule has 0 saturated carbocycles. The molecule has 92 valence electrons. The Balaban J connectivity index is 2.47. The molecule has 0 N–H and O–H groups in total. The molecule has 0 spiro atoms. The van der Waals surface area contributed by atoms with Gasteiger partial charge >= 0.3 is 0 Å². The summed E-state index contributed by atoms with van der Waals surface area (Å²) < 4.78 is 11.4. The Labute approximate surface area is 109 Å². The predicted molar refractivity (Wildman–Crippen MR) is 68.8 cm³/mol. The summed E-state index contributed by atoms with van der Waals surface area (Å²) in [5.41, 5.74) is 0.773. The Bertz CT molecular complexity index is 448. The average molecular weight is 300 g/mol. The summed E-state index contributed by atoms with van der Waals surface area (Å²) in [5, 5.41) is 0. The highest BCUT2D eigenvalue weighted by Crippen LogP contribution is 2.39. The molecule has 5 heteroatoms. The van der Waals surface area contributed by atoms with Crippen LogP contribution in [0.1, 0.15) is 12.8 Å². The number of carbonyl (C=O) groups excluding carboxylic acids is 1. The van der Waals surface area contributed by atoms with Gasteiger partial charge in [-0.1, -0.05) is 0 Å². The monoisotopic (exact) mass is 299 g/mol. The van der Waals surface area contributed by atoms with Crippen LogP contribution in [0.25, 0.3) is 0 Å². The molecular formula is C12H14BrNO3. The van der Waals surface area contributed by atoms with Crippen LogP contribution in [-0.4, -0.2) is 26.7 Å². The molecule has 0 aromatic heterocycles. The maximum absolute atomic E-state index is 11.7. The summed E-state index contributed by atoms with van der Waals surface area (Å²) in [5.74, 6) is 1.50. The lowest BCUT2D eigenvalue weighted by Crippen LogP contribution is -2.24. The summed E-state index contributed by atoms with van der Waals surface area (Å²) >= 11 is 3.40. The van der Waals surface area contributed by atoms with Crippen LogP contribution in [-0.2, 0) is 4.79 Å². The van der Waals surface area contributed by atoms with Crippen LogP contribution in [0, 0.1) is 0 Å². The lowest BCUT2D eigenvalue weighted by molar-refractivity contribution is -0.117. The number of benzene rings is 1. The van der Waals surface area contributed by atoms with Gasteiger partial charge in [0.05, 0.1) is 24.4 Å². The van der Waals surface area contributed by atoms with E-state index in [1.54, 1.807) is 19.1 Å². The van der Waals surface area contributed by atoms with Gasteiger partial charge in [-0.3, -0.25) is 4.79 Å². The van der Waals surface area contributed by atoms with Gasteiger partial charge in [-0.05, 0) is 22.4 Å². The third kappa shape index (κ3) is 2.24. The number of halogens is 1. The predicted octanol–water partition coefficient (Wildman–Crippen LogP) is 2.59. The van der Waals surface area contributed by atoms with Crippen LogP contribution < -0.4 is 14.4 Å². The van der Waals surface area contributed by atoms with Crippen molar-refractivity contribution in [2.75, 3.05) is 25.7 Å². The van der Waals surface area contributed by atoms with E-state index in [0.29, 0.717) is 17.9 Å². The first-order valence-electron chi connectivity index (χ1n) is 5.39. The maximum Gasteiger partial charge on any atom is 0.227 e. The zero-order valence-electron chi connectivity index (χ0n) is 9.83. The third-order valence-electron chi connectivity index (χ3n) is 2.82. The van der Waals surface area contributed by atoms with Crippen LogP contribution in [0.5, 0.6) is 11.5 Å². The Morgan fingerprint density at radius 1 is 1.24 bits per heavy atom. The number of ether oxygens (including phenoxy) is 2. The fourth-order valence-electron chi connectivity index (χ4n) is 1.96. The molecule has 2 rings (SSSR count). The lowest BCUT2D eigenvalue weighted by atomic mass is 10.2. The van der Waals surface area contributed by atoms with Crippen LogP contribution >= 0.6 is 15.9 Å². The second-order valence-corrected chi connectivity index (χ2v) is 4.66. The van der Waals surface area contributed by atoms with Gasteiger partial charge in [0.1, 0.15) is 11.5 Å². The van der Waals surface area contributed by atoms with Crippen LogP contribution in [0.2, 0.25) is 0 Å². The van der Waals surface area contributed by atoms with E-state index in [1.807, 2.05) is 12.1 Å². The summed E-state index contributed by atoms with van der Waals surface area (Å²) in [6.45, 7) is 0.736. The van der Waals surface area contributed by atoms with Crippen molar-refractivity contribution in [1.82, 2.24) is 0 Å². The number of methoxy groups -OCH3 is 2. The zero-order valence-corrected chi connectivity index (χ0v) is 11.4. The minimum absolute atomic E-state index is 0.132. The largest absolute Gasteiger partial charge is 0.495 e. The molecule has 17 heavy (non-hydrogen) atoms. The van der Waals surface area contributed by atoms with Crippen molar-refractivity contribution in [2.24, 2.45) is 0 Å². The molecule has 1 amide bonds. The fourth-order valence-corrected chi connectivity index (χ4v) is 2.44. The summed E-state index contributed by atoms with van der Waals surface area (Å²) in [4.78, 5) is 13.5. The first-order chi connectivity index (χ1) is 8.17. The van der Waals surface area contributed by atoms with Crippen LogP contribution in [0.4, 0.5) is 5.69 Å². The number of amides is 1. The maximum atomic E-state index is 11.7. The lowest BCUT2D eigenvalue weighted by Gasteiger charge is -2.20. The summed E-state index contributed by atoms with van der Waals surface area (Å²) in [6, 6.07) is 3.64. The molecule has 1 heterocycles. The number of hydrogen-bond donors (Lipinski definition) is 0. The topological polar surface area (TPSA) is 38.8 Å². The minimum Gasteiger partial charge on any atom is -0.495 e. The third-order valence-corrected chi connectivity index (χ3v) is 3.44. The molecule has 1 fully saturated rings. The van der Waals surface area contributed by atoms with E-state index in [1.165, 1.54) is 0 Å². The van der Waals surface area contributed by atoms with E-state index in [2.05, 4.69) is 15.9 Å². The van der Waals surface area contributed by atoms with Crippen molar-refractivity contribution in [1.29, 1.82) is 0 Å². The average Bonchev–Trinajstić information content (AvgIpc) is 2.75. The number of hydrogen-bond acceptors (Lipinski definition) is 3. The van der Waals surface area contributed by atoms with Crippen LogP contribution in [0.15, 0.2) is 16.6 Å². The normalized spacial score (nSPS) is 15.2. The summed E-state index contributed by atoms with van der Waals surface area (Å²) in [7, 11) is 3.19. The van der Waals surface area contributed by atoms with Gasteiger partial charge in [-0.25, -0.2) is 0 Å². The SMILES string of the molecule is COc1cc(N2CCCC2=O)c(OC)cc1Br. The molecule has 0 unspecified atom stereocenters. The molecule has 4 nitrogen and oxygen atoms in total. The highest BCUT2D eigenvalue weighted by atomic mass is 79.9. The highest BCUT2D eigenvalue weighted by Gasteiger charge is 2.25. The number of nitrogens with zero attached hydrogens (tertiary/aromatic N) is 1. The van der Waals surface area contributed by atoms with Gasteiger partial charge in [-0.15, -0.1) is 0 Å². The van der Waals surface area contributed by atoms with Crippen molar-refractivity contribution in [2.45, 2.75) is 12.8 Å². The quantitative estimate of drug-likeness (QED) is 0.861. The van der Waals surface area contributed by atoms with Gasteiger partial charge in [-0.2, -0.15) is 0 Å². The van der Waals surface area contributed by atoms with Crippen LogP contribution in [0.3, 0.4) is 0 Å². The zero-order chi connectivity index (χ0) is 12.4. The first-order valence-corrected chi connectivity index (χ1v) is 6.18. The molecule has 1 aromatic rings. The van der Waals surface area contributed by atoms with Crippen molar-refractivity contribution in [3.63, 3.8) is 0 Å². The Kier molecular flexibility index (Phi) is 3.57. The Morgan fingerprint density at radius 3 is 2.47 bits per heavy atom. The number of carbonyl (C=O) groups is 1. The molecule has 0 bridgehead atoms. The van der Waals surface area contributed by atoms with Crippen molar-refractivity contribution in [3.8, 4) is 11.5 Å². The van der Waals surface area contributed by atoms with E-state index < -0.39 is 0 Å². The molecule has 1 saturated heterocycles. The first kappa shape index (κ1) is 12.2. The number of anilines is 1. The van der Waals surface area contributed by atoms with Crippen molar-refractivity contribution >= 4 is 27.5 Å². The highest BCUT2D eigenvalue weighted by molar-refractivity contribution is 9.10. The standard InChI is InChI=1S/C12H14BrNO3/c1-16-10-7-9(11(17-2)6-8(10)13)14-5-3-4-12(14)15/h6-7H,3-5H2,1-2H3. The van der Waals surface area contributed by atoms with Gasteiger partial charge in [0.15, 0.2) is 0 Å². The molecule has 1 aliphatic rings. The Morgan fingerprint density at radius 2 is 1.94 bits per heavy atom. The molecule has 1 aliphatic heterocycles. The molecule has 0 aliphatic carbocycles. The second kappa shape index (κ2) is 4.96. The van der Waals surface area contributed by atoms with Crippen molar-refractivity contribution < 1.29 is 14.3 Å². The van der Waals surface area contributed by atoms with Gasteiger partial charge < -0.3 is 14.4 Å². The van der Waals surface area contributed by atoms with Gasteiger partial charge in [0, 0.05) is 25.1 Å². The van der Waals surface area contributed by atoms with E-state index in [4.69, 9.17) is 9.47 Å². The second-order valence-electron chi connectivity index (χ2n) is 3.81. The summed E-state index contributed by atoms with van der Waals surface area (Å²) in [6.07, 6.45) is 1.49. The van der Waals surface area contributed by atoms with Gasteiger partial charge in [0.2, 0.25) is 5.91 Å². The van der Waals surface area contributed by atoms with E-state index in [9.17, 15) is 4.79 Å². The smallest absolute Gasteiger partial charge is 0.227 e. The minimum atomic E-state index is 0.132. The van der Waals surface area contributed by atoms with E-state index >= 15 is 0 Å². The molecule has 1 aromatic carbocycles.